The first-order chi connectivity index (χ1) is 16.4. The summed E-state index contributed by atoms with van der Waals surface area (Å²) in [5, 5.41) is 13.7. The highest BCUT2D eigenvalue weighted by molar-refractivity contribution is 5.76. The summed E-state index contributed by atoms with van der Waals surface area (Å²) in [5.41, 5.74) is 26.9. The third kappa shape index (κ3) is 21.8. The van der Waals surface area contributed by atoms with Crippen molar-refractivity contribution in [1.82, 2.24) is 5.32 Å². The van der Waals surface area contributed by atoms with E-state index < -0.39 is 6.10 Å². The molecule has 34 heavy (non-hydrogen) atoms. The van der Waals surface area contributed by atoms with Gasteiger partial charge in [0.1, 0.15) is 0 Å². The standard InChI is InChI=1S/C24H52N8O2/c25-17-13-14-20(21(33)15-9-5-1-3-7-11-18-30-23(26)27)32-22(34)16-10-6-2-4-8-12-19-31-24(28)29/h20-21,33H,1-19,25H2,(H,32,34)(H4,26,27,30)(H4,28,29,31). The van der Waals surface area contributed by atoms with Crippen LogP contribution in [0.2, 0.25) is 0 Å². The molecular formula is C24H52N8O2. The Morgan fingerprint density at radius 2 is 1.15 bits per heavy atom. The van der Waals surface area contributed by atoms with Crippen LogP contribution in [-0.2, 0) is 4.79 Å². The van der Waals surface area contributed by atoms with Crippen molar-refractivity contribution in [3.05, 3.63) is 0 Å². The molecule has 12 N–H and O–H groups in total. The van der Waals surface area contributed by atoms with E-state index in [-0.39, 0.29) is 23.9 Å². The fourth-order valence-electron chi connectivity index (χ4n) is 3.87. The molecule has 0 aromatic rings. The molecule has 0 radical (unpaired) electrons. The fraction of sp³-hybridized carbons (Fsp3) is 0.875. The molecule has 0 bridgehead atoms. The second-order valence-electron chi connectivity index (χ2n) is 9.07. The molecule has 0 rings (SSSR count). The number of guanidine groups is 2. The van der Waals surface area contributed by atoms with Crippen LogP contribution in [0.25, 0.3) is 0 Å². The fourth-order valence-corrected chi connectivity index (χ4v) is 3.87. The van der Waals surface area contributed by atoms with Crippen LogP contribution in [0.4, 0.5) is 0 Å². The van der Waals surface area contributed by atoms with Crippen molar-refractivity contribution >= 4 is 17.8 Å². The molecule has 0 aliphatic heterocycles. The number of nitrogens with zero attached hydrogens (tertiary/aromatic N) is 2. The van der Waals surface area contributed by atoms with E-state index in [1.54, 1.807) is 0 Å². The summed E-state index contributed by atoms with van der Waals surface area (Å²) < 4.78 is 0. The van der Waals surface area contributed by atoms with Gasteiger partial charge in [-0.15, -0.1) is 0 Å². The maximum Gasteiger partial charge on any atom is 0.220 e. The second-order valence-corrected chi connectivity index (χ2v) is 9.07. The van der Waals surface area contributed by atoms with Gasteiger partial charge in [-0.1, -0.05) is 57.8 Å². The number of unbranched alkanes of at least 4 members (excludes halogenated alkanes) is 10. The first-order valence-electron chi connectivity index (χ1n) is 13.1. The number of hydrogen-bond donors (Lipinski definition) is 7. The number of aliphatic imine (C=N–C) groups is 2. The first-order valence-corrected chi connectivity index (χ1v) is 13.1. The maximum atomic E-state index is 12.4. The highest BCUT2D eigenvalue weighted by Gasteiger charge is 2.20. The van der Waals surface area contributed by atoms with Gasteiger partial charge in [0.25, 0.3) is 0 Å². The van der Waals surface area contributed by atoms with Crippen molar-refractivity contribution in [3.63, 3.8) is 0 Å². The molecule has 0 saturated heterocycles. The zero-order valence-corrected chi connectivity index (χ0v) is 21.2. The van der Waals surface area contributed by atoms with E-state index in [9.17, 15) is 9.90 Å². The normalized spacial score (nSPS) is 12.6. The summed E-state index contributed by atoms with van der Waals surface area (Å²) in [7, 11) is 0. The van der Waals surface area contributed by atoms with Gasteiger partial charge < -0.3 is 39.1 Å². The number of amides is 1. The van der Waals surface area contributed by atoms with Crippen molar-refractivity contribution < 1.29 is 9.90 Å². The van der Waals surface area contributed by atoms with Crippen LogP contribution in [0.3, 0.4) is 0 Å². The molecule has 0 aromatic carbocycles. The Bertz CT molecular complexity index is 549. The van der Waals surface area contributed by atoms with E-state index in [1.165, 1.54) is 0 Å². The highest BCUT2D eigenvalue weighted by Crippen LogP contribution is 2.14. The number of nitrogens with two attached hydrogens (primary N) is 5. The van der Waals surface area contributed by atoms with E-state index in [0.717, 1.165) is 83.5 Å². The van der Waals surface area contributed by atoms with Crippen molar-refractivity contribution in [1.29, 1.82) is 0 Å². The quantitative estimate of drug-likeness (QED) is 0.0647. The molecular weight excluding hydrogens is 432 g/mol. The maximum absolute atomic E-state index is 12.4. The van der Waals surface area contributed by atoms with Crippen LogP contribution in [0.15, 0.2) is 9.98 Å². The van der Waals surface area contributed by atoms with Gasteiger partial charge in [-0.3, -0.25) is 14.8 Å². The monoisotopic (exact) mass is 484 g/mol. The second kappa shape index (κ2) is 22.7. The lowest BCUT2D eigenvalue weighted by molar-refractivity contribution is -0.122. The van der Waals surface area contributed by atoms with Crippen molar-refractivity contribution in [2.75, 3.05) is 19.6 Å². The molecule has 0 fully saturated rings. The highest BCUT2D eigenvalue weighted by atomic mass is 16.3. The summed E-state index contributed by atoms with van der Waals surface area (Å²) in [6, 6.07) is -0.217. The van der Waals surface area contributed by atoms with Crippen LogP contribution in [0.1, 0.15) is 103 Å². The molecule has 2 atom stereocenters. The van der Waals surface area contributed by atoms with E-state index in [0.29, 0.717) is 38.9 Å². The van der Waals surface area contributed by atoms with E-state index in [4.69, 9.17) is 28.7 Å². The number of carbonyl (C=O) groups excluding carboxylic acids is 1. The van der Waals surface area contributed by atoms with Gasteiger partial charge >= 0.3 is 0 Å². The predicted octanol–water partition coefficient (Wildman–Crippen LogP) is 1.58. The van der Waals surface area contributed by atoms with Gasteiger partial charge in [0.15, 0.2) is 11.9 Å². The zero-order valence-electron chi connectivity index (χ0n) is 21.2. The summed E-state index contributed by atoms with van der Waals surface area (Å²) in [6.45, 7) is 1.92. The molecule has 0 heterocycles. The molecule has 200 valence electrons. The lowest BCUT2D eigenvalue weighted by Gasteiger charge is -2.24. The Balaban J connectivity index is 3.95. The van der Waals surface area contributed by atoms with Gasteiger partial charge in [0, 0.05) is 19.5 Å². The van der Waals surface area contributed by atoms with E-state index in [2.05, 4.69) is 15.3 Å². The van der Waals surface area contributed by atoms with Gasteiger partial charge in [-0.2, -0.15) is 0 Å². The van der Waals surface area contributed by atoms with Crippen LogP contribution in [0.5, 0.6) is 0 Å². The number of carbonyl (C=O) groups is 1. The number of nitrogens with one attached hydrogen (secondary N) is 1. The Kier molecular flexibility index (Phi) is 21.3. The molecule has 0 aromatic heterocycles. The minimum atomic E-state index is -0.525. The molecule has 2 unspecified atom stereocenters. The average molecular weight is 485 g/mol. The van der Waals surface area contributed by atoms with Crippen LogP contribution < -0.4 is 34.0 Å². The molecule has 10 heteroatoms. The largest absolute Gasteiger partial charge is 0.391 e. The molecule has 0 saturated carbocycles. The molecule has 1 amide bonds. The van der Waals surface area contributed by atoms with Gasteiger partial charge in [-0.25, -0.2) is 0 Å². The number of aliphatic hydroxyl groups excluding tert-OH is 1. The van der Waals surface area contributed by atoms with Crippen LogP contribution >= 0.6 is 0 Å². The molecule has 0 aliphatic rings. The minimum absolute atomic E-state index is 0.0228. The summed E-state index contributed by atoms with van der Waals surface area (Å²) >= 11 is 0. The lowest BCUT2D eigenvalue weighted by Crippen LogP contribution is -2.43. The predicted molar refractivity (Wildman–Crippen MR) is 142 cm³/mol. The molecule has 0 spiro atoms. The van der Waals surface area contributed by atoms with Crippen LogP contribution in [-0.4, -0.2) is 54.7 Å². The minimum Gasteiger partial charge on any atom is -0.391 e. The third-order valence-electron chi connectivity index (χ3n) is 5.84. The van der Waals surface area contributed by atoms with Crippen LogP contribution in [0, 0.1) is 0 Å². The summed E-state index contributed by atoms with van der Waals surface area (Å²) in [4.78, 5) is 20.3. The number of hydrogen-bond acceptors (Lipinski definition) is 5. The van der Waals surface area contributed by atoms with Gasteiger partial charge in [-0.05, 0) is 45.1 Å². The van der Waals surface area contributed by atoms with E-state index in [1.807, 2.05) is 0 Å². The Morgan fingerprint density at radius 1 is 0.676 bits per heavy atom. The average Bonchev–Trinajstić information content (AvgIpc) is 2.78. The summed E-state index contributed by atoms with van der Waals surface area (Å²) in [5.74, 6) is 0.320. The smallest absolute Gasteiger partial charge is 0.220 e. The Morgan fingerprint density at radius 3 is 1.65 bits per heavy atom. The van der Waals surface area contributed by atoms with Gasteiger partial charge in [0.05, 0.1) is 12.1 Å². The Labute approximate surface area is 206 Å². The third-order valence-corrected chi connectivity index (χ3v) is 5.84. The SMILES string of the molecule is NCCCC(NC(=O)CCCCCCCCN=C(N)N)C(O)CCCCCCCCN=C(N)N. The Hall–Kier alpha value is -2.07. The zero-order chi connectivity index (χ0) is 25.4. The van der Waals surface area contributed by atoms with E-state index >= 15 is 0 Å². The number of rotatable bonds is 23. The van der Waals surface area contributed by atoms with Crippen molar-refractivity contribution in [2.45, 2.75) is 115 Å². The lowest BCUT2D eigenvalue weighted by atomic mass is 9.98. The topological polar surface area (TPSA) is 204 Å². The van der Waals surface area contributed by atoms with Crippen molar-refractivity contribution in [2.24, 2.45) is 38.7 Å². The summed E-state index contributed by atoms with van der Waals surface area (Å²) in [6.07, 6.45) is 14.7. The molecule has 0 aliphatic carbocycles. The molecule has 10 nitrogen and oxygen atoms in total. The van der Waals surface area contributed by atoms with Crippen molar-refractivity contribution in [3.8, 4) is 0 Å². The van der Waals surface area contributed by atoms with Gasteiger partial charge in [0.2, 0.25) is 5.91 Å². The number of aliphatic hydroxyl groups is 1. The first kappa shape index (κ1) is 31.9.